The molecule has 1 saturated heterocycles. The van der Waals surface area contributed by atoms with Crippen molar-refractivity contribution >= 4 is 35.2 Å². The number of hydrogen-bond donors (Lipinski definition) is 1. The molecule has 7 heteroatoms. The van der Waals surface area contributed by atoms with E-state index >= 15 is 0 Å². The maximum atomic E-state index is 12.1. The number of esters is 1. The summed E-state index contributed by atoms with van der Waals surface area (Å²) in [5.74, 6) is -0.354. The van der Waals surface area contributed by atoms with Gasteiger partial charge in [0.25, 0.3) is 5.91 Å². The number of ether oxygens (including phenoxy) is 2. The third-order valence-corrected chi connectivity index (χ3v) is 4.48. The van der Waals surface area contributed by atoms with E-state index in [1.165, 1.54) is 6.08 Å². The van der Waals surface area contributed by atoms with Crippen molar-refractivity contribution < 1.29 is 23.9 Å². The van der Waals surface area contributed by atoms with E-state index in [0.717, 1.165) is 17.7 Å². The lowest BCUT2D eigenvalue weighted by Crippen LogP contribution is -2.24. The highest BCUT2D eigenvalue weighted by Crippen LogP contribution is 2.24. The molecule has 0 radical (unpaired) electrons. The normalized spacial score (nSPS) is 13.5. The van der Waals surface area contributed by atoms with Crippen molar-refractivity contribution in [2.75, 3.05) is 30.0 Å². The van der Waals surface area contributed by atoms with E-state index in [1.54, 1.807) is 29.2 Å². The number of rotatable bonds is 8. The van der Waals surface area contributed by atoms with Crippen LogP contribution in [-0.4, -0.2) is 37.5 Å². The van der Waals surface area contributed by atoms with Gasteiger partial charge in [-0.1, -0.05) is 24.3 Å². The Morgan fingerprint density at radius 3 is 2.77 bits per heavy atom. The second-order valence-electron chi connectivity index (χ2n) is 6.66. The Morgan fingerprint density at radius 2 is 2.00 bits per heavy atom. The Morgan fingerprint density at radius 1 is 1.17 bits per heavy atom. The molecule has 0 aliphatic carbocycles. The fourth-order valence-corrected chi connectivity index (χ4v) is 3.12. The highest BCUT2D eigenvalue weighted by molar-refractivity contribution is 5.98. The summed E-state index contributed by atoms with van der Waals surface area (Å²) in [5, 5.41) is 2.68. The molecule has 7 nitrogen and oxygen atoms in total. The molecule has 0 atom stereocenters. The Hall–Kier alpha value is -3.61. The van der Waals surface area contributed by atoms with E-state index < -0.39 is 18.5 Å². The molecule has 1 aliphatic rings. The zero-order chi connectivity index (χ0) is 21.3. The largest absolute Gasteiger partial charge is 0.493 e. The molecule has 0 bridgehead atoms. The summed E-state index contributed by atoms with van der Waals surface area (Å²) in [5.41, 5.74) is 2.02. The topological polar surface area (TPSA) is 84.9 Å². The van der Waals surface area contributed by atoms with Gasteiger partial charge >= 0.3 is 5.97 Å². The molecule has 2 aromatic carbocycles. The highest BCUT2D eigenvalue weighted by atomic mass is 16.5. The predicted molar refractivity (Wildman–Crippen MR) is 114 cm³/mol. The molecule has 1 fully saturated rings. The molecule has 1 heterocycles. The molecule has 1 aliphatic heterocycles. The summed E-state index contributed by atoms with van der Waals surface area (Å²) in [4.78, 5) is 37.6. The number of amides is 2. The van der Waals surface area contributed by atoms with Gasteiger partial charge in [-0.15, -0.1) is 0 Å². The lowest BCUT2D eigenvalue weighted by atomic mass is 10.2. The first kappa shape index (κ1) is 21.1. The van der Waals surface area contributed by atoms with Crippen LogP contribution in [0.1, 0.15) is 25.3 Å². The van der Waals surface area contributed by atoms with Gasteiger partial charge < -0.3 is 19.7 Å². The summed E-state index contributed by atoms with van der Waals surface area (Å²) in [6, 6.07) is 14.3. The van der Waals surface area contributed by atoms with Gasteiger partial charge in [0.05, 0.1) is 6.61 Å². The van der Waals surface area contributed by atoms with Gasteiger partial charge in [0, 0.05) is 36.0 Å². The van der Waals surface area contributed by atoms with Gasteiger partial charge in [0.2, 0.25) is 5.91 Å². The number of anilines is 2. The molecule has 0 spiro atoms. The SMILES string of the molecule is CCOc1ccccc1/C=C/C(=O)OCC(=O)Nc1cccc(N2CCCC2=O)c1. The van der Waals surface area contributed by atoms with Crippen LogP contribution in [0.15, 0.2) is 54.6 Å². The van der Waals surface area contributed by atoms with Crippen LogP contribution in [0.4, 0.5) is 11.4 Å². The molecular formula is C23H24N2O5. The average Bonchev–Trinajstić information content (AvgIpc) is 3.18. The van der Waals surface area contributed by atoms with Crippen LogP contribution < -0.4 is 15.0 Å². The second-order valence-corrected chi connectivity index (χ2v) is 6.66. The van der Waals surface area contributed by atoms with Crippen molar-refractivity contribution in [1.29, 1.82) is 0 Å². The van der Waals surface area contributed by atoms with Crippen molar-refractivity contribution in [2.45, 2.75) is 19.8 Å². The highest BCUT2D eigenvalue weighted by Gasteiger charge is 2.21. The van der Waals surface area contributed by atoms with Gasteiger partial charge in [-0.05, 0) is 43.7 Å². The van der Waals surface area contributed by atoms with Gasteiger partial charge in [-0.25, -0.2) is 4.79 Å². The number of benzene rings is 2. The van der Waals surface area contributed by atoms with E-state index in [-0.39, 0.29) is 5.91 Å². The van der Waals surface area contributed by atoms with Gasteiger partial charge in [-0.3, -0.25) is 9.59 Å². The molecule has 3 rings (SSSR count). The minimum Gasteiger partial charge on any atom is -0.493 e. The Labute approximate surface area is 175 Å². The van der Waals surface area contributed by atoms with Gasteiger partial charge in [0.15, 0.2) is 6.61 Å². The standard InChI is InChI=1S/C23H24N2O5/c1-2-29-20-10-4-3-7-17(20)12-13-23(28)30-16-21(26)24-18-8-5-9-19(15-18)25-14-6-11-22(25)27/h3-5,7-10,12-13,15H,2,6,11,14,16H2,1H3,(H,24,26)/b13-12+. The minimum absolute atomic E-state index is 0.0742. The van der Waals surface area contributed by atoms with Gasteiger partial charge in [-0.2, -0.15) is 0 Å². The zero-order valence-corrected chi connectivity index (χ0v) is 16.8. The molecule has 2 amide bonds. The number of carbonyl (C=O) groups is 3. The lowest BCUT2D eigenvalue weighted by molar-refractivity contribution is -0.142. The number of para-hydroxylation sites is 1. The first-order chi connectivity index (χ1) is 14.6. The van der Waals surface area contributed by atoms with Crippen molar-refractivity contribution in [3.05, 3.63) is 60.2 Å². The van der Waals surface area contributed by atoms with Crippen LogP contribution in [0, 0.1) is 0 Å². The summed E-state index contributed by atoms with van der Waals surface area (Å²) >= 11 is 0. The van der Waals surface area contributed by atoms with Crippen LogP contribution in [0.2, 0.25) is 0 Å². The van der Waals surface area contributed by atoms with Crippen LogP contribution in [0.3, 0.4) is 0 Å². The van der Waals surface area contributed by atoms with Crippen LogP contribution in [0.25, 0.3) is 6.08 Å². The Kier molecular flexibility index (Phi) is 7.21. The molecule has 30 heavy (non-hydrogen) atoms. The molecule has 156 valence electrons. The fraction of sp³-hybridized carbons (Fsp3) is 0.261. The third kappa shape index (κ3) is 5.70. The van der Waals surface area contributed by atoms with Crippen molar-refractivity contribution in [1.82, 2.24) is 0 Å². The quantitative estimate of drug-likeness (QED) is 0.535. The summed E-state index contributed by atoms with van der Waals surface area (Å²) in [6.45, 7) is 2.66. The van der Waals surface area contributed by atoms with E-state index in [1.807, 2.05) is 37.3 Å². The van der Waals surface area contributed by atoms with Crippen molar-refractivity contribution in [2.24, 2.45) is 0 Å². The van der Waals surface area contributed by atoms with Crippen LogP contribution in [0.5, 0.6) is 5.75 Å². The maximum absolute atomic E-state index is 12.1. The average molecular weight is 408 g/mol. The summed E-state index contributed by atoms with van der Waals surface area (Å²) in [7, 11) is 0. The Balaban J connectivity index is 1.51. The van der Waals surface area contributed by atoms with Crippen molar-refractivity contribution in [3.63, 3.8) is 0 Å². The number of nitrogens with zero attached hydrogens (tertiary/aromatic N) is 1. The molecule has 1 N–H and O–H groups in total. The monoisotopic (exact) mass is 408 g/mol. The Bertz CT molecular complexity index is 954. The fourth-order valence-electron chi connectivity index (χ4n) is 3.12. The van der Waals surface area contributed by atoms with E-state index in [9.17, 15) is 14.4 Å². The zero-order valence-electron chi connectivity index (χ0n) is 16.8. The smallest absolute Gasteiger partial charge is 0.331 e. The van der Waals surface area contributed by atoms with E-state index in [0.29, 0.717) is 31.0 Å². The molecular weight excluding hydrogens is 384 g/mol. The molecule has 2 aromatic rings. The number of carbonyl (C=O) groups excluding carboxylic acids is 3. The van der Waals surface area contributed by atoms with Crippen LogP contribution in [-0.2, 0) is 19.1 Å². The molecule has 0 saturated carbocycles. The lowest BCUT2D eigenvalue weighted by Gasteiger charge is -2.16. The number of nitrogens with one attached hydrogen (secondary N) is 1. The maximum Gasteiger partial charge on any atom is 0.331 e. The van der Waals surface area contributed by atoms with E-state index in [2.05, 4.69) is 5.32 Å². The third-order valence-electron chi connectivity index (χ3n) is 4.48. The predicted octanol–water partition coefficient (Wildman–Crippen LogP) is 3.41. The second kappa shape index (κ2) is 10.2. The molecule has 0 aromatic heterocycles. The van der Waals surface area contributed by atoms with E-state index in [4.69, 9.17) is 9.47 Å². The first-order valence-corrected chi connectivity index (χ1v) is 9.84. The number of hydrogen-bond acceptors (Lipinski definition) is 5. The summed E-state index contributed by atoms with van der Waals surface area (Å²) in [6.07, 6.45) is 4.20. The van der Waals surface area contributed by atoms with Crippen LogP contribution >= 0.6 is 0 Å². The molecule has 0 unspecified atom stereocenters. The van der Waals surface area contributed by atoms with Gasteiger partial charge in [0.1, 0.15) is 5.75 Å². The van der Waals surface area contributed by atoms with Crippen molar-refractivity contribution in [3.8, 4) is 5.75 Å². The summed E-state index contributed by atoms with van der Waals surface area (Å²) < 4.78 is 10.5. The minimum atomic E-state index is -0.632. The first-order valence-electron chi connectivity index (χ1n) is 9.84.